The Balaban J connectivity index is 1.76. The Morgan fingerprint density at radius 1 is 0.852 bits per heavy atom. The predicted octanol–water partition coefficient (Wildman–Crippen LogP) is 5.05. The molecule has 27 heavy (non-hydrogen) atoms. The standard InChI is InChI=1S/C19H14Cl2N2O3S/c20-14-4-3-5-15(12-14)22-19(24)13-8-10-16(11-9-13)27(25,26)23-18-7-2-1-6-17(18)21/h1-12,23H,(H,22,24). The highest BCUT2D eigenvalue weighted by Gasteiger charge is 2.16. The molecule has 0 radical (unpaired) electrons. The number of sulfonamides is 1. The summed E-state index contributed by atoms with van der Waals surface area (Å²) in [7, 11) is -3.83. The first-order valence-corrected chi connectivity index (χ1v) is 10.0. The van der Waals surface area contributed by atoms with Crippen molar-refractivity contribution in [1.82, 2.24) is 0 Å². The molecule has 8 heteroatoms. The number of carbonyl (C=O) groups excluding carboxylic acids is 1. The molecular weight excluding hydrogens is 407 g/mol. The van der Waals surface area contributed by atoms with Crippen LogP contribution in [-0.4, -0.2) is 14.3 Å². The summed E-state index contributed by atoms with van der Waals surface area (Å²) in [5, 5.41) is 3.49. The van der Waals surface area contributed by atoms with Crippen LogP contribution in [0.1, 0.15) is 10.4 Å². The first-order chi connectivity index (χ1) is 12.8. The lowest BCUT2D eigenvalue weighted by Gasteiger charge is -2.10. The predicted molar refractivity (Wildman–Crippen MR) is 108 cm³/mol. The number of amides is 1. The van der Waals surface area contributed by atoms with Gasteiger partial charge in [-0.05, 0) is 54.6 Å². The van der Waals surface area contributed by atoms with E-state index in [-0.39, 0.29) is 16.5 Å². The topological polar surface area (TPSA) is 75.3 Å². The maximum Gasteiger partial charge on any atom is 0.261 e. The molecule has 0 heterocycles. The van der Waals surface area contributed by atoms with Crippen LogP contribution in [0.25, 0.3) is 0 Å². The molecule has 0 saturated heterocycles. The molecule has 0 aliphatic carbocycles. The Morgan fingerprint density at radius 3 is 2.22 bits per heavy atom. The molecule has 3 aromatic rings. The third-order valence-electron chi connectivity index (χ3n) is 3.63. The summed E-state index contributed by atoms with van der Waals surface area (Å²) in [6, 6.07) is 18.8. The van der Waals surface area contributed by atoms with Gasteiger partial charge in [0.15, 0.2) is 0 Å². The van der Waals surface area contributed by atoms with Gasteiger partial charge in [-0.15, -0.1) is 0 Å². The first kappa shape index (κ1) is 19.2. The van der Waals surface area contributed by atoms with E-state index in [1.165, 1.54) is 24.3 Å². The summed E-state index contributed by atoms with van der Waals surface area (Å²) in [6.45, 7) is 0. The van der Waals surface area contributed by atoms with Gasteiger partial charge in [0.25, 0.3) is 15.9 Å². The third kappa shape index (κ3) is 4.80. The van der Waals surface area contributed by atoms with Gasteiger partial charge in [-0.3, -0.25) is 9.52 Å². The lowest BCUT2D eigenvalue weighted by atomic mass is 10.2. The Hall–Kier alpha value is -2.54. The molecular formula is C19H14Cl2N2O3S. The Bertz CT molecular complexity index is 1080. The van der Waals surface area contributed by atoms with Crippen molar-refractivity contribution in [3.05, 3.63) is 88.4 Å². The number of carbonyl (C=O) groups is 1. The van der Waals surface area contributed by atoms with Gasteiger partial charge in [0, 0.05) is 16.3 Å². The highest BCUT2D eigenvalue weighted by molar-refractivity contribution is 7.92. The second kappa shape index (κ2) is 8.00. The van der Waals surface area contributed by atoms with E-state index in [1.54, 1.807) is 48.5 Å². The zero-order chi connectivity index (χ0) is 19.4. The van der Waals surface area contributed by atoms with Crippen molar-refractivity contribution in [3.8, 4) is 0 Å². The number of hydrogen-bond acceptors (Lipinski definition) is 3. The van der Waals surface area contributed by atoms with E-state index in [9.17, 15) is 13.2 Å². The molecule has 3 aromatic carbocycles. The van der Waals surface area contributed by atoms with Gasteiger partial charge in [-0.2, -0.15) is 0 Å². The quantitative estimate of drug-likeness (QED) is 0.606. The minimum absolute atomic E-state index is 0.0155. The van der Waals surface area contributed by atoms with E-state index in [0.717, 1.165) is 0 Å². The Morgan fingerprint density at radius 2 is 1.56 bits per heavy atom. The SMILES string of the molecule is O=C(Nc1cccc(Cl)c1)c1ccc(S(=O)(=O)Nc2ccccc2Cl)cc1. The van der Waals surface area contributed by atoms with E-state index in [4.69, 9.17) is 23.2 Å². The van der Waals surface area contributed by atoms with E-state index in [1.807, 2.05) is 0 Å². The van der Waals surface area contributed by atoms with Gasteiger partial charge in [0.2, 0.25) is 0 Å². The molecule has 2 N–H and O–H groups in total. The second-order valence-electron chi connectivity index (χ2n) is 5.57. The summed E-state index contributed by atoms with van der Waals surface area (Å²) in [6.07, 6.45) is 0. The van der Waals surface area contributed by atoms with E-state index < -0.39 is 10.0 Å². The number of hydrogen-bond donors (Lipinski definition) is 2. The molecule has 138 valence electrons. The lowest BCUT2D eigenvalue weighted by Crippen LogP contribution is -2.15. The average Bonchev–Trinajstić information content (AvgIpc) is 2.64. The molecule has 0 saturated carbocycles. The normalized spacial score (nSPS) is 11.0. The highest BCUT2D eigenvalue weighted by Crippen LogP contribution is 2.24. The van der Waals surface area contributed by atoms with Gasteiger partial charge in [-0.25, -0.2) is 8.42 Å². The van der Waals surface area contributed by atoms with Crippen molar-refractivity contribution in [1.29, 1.82) is 0 Å². The largest absolute Gasteiger partial charge is 0.322 e. The summed E-state index contributed by atoms with van der Waals surface area (Å²) < 4.78 is 27.4. The molecule has 0 unspecified atom stereocenters. The molecule has 0 aliphatic heterocycles. The number of benzene rings is 3. The Labute approximate surface area is 167 Å². The van der Waals surface area contributed by atoms with Crippen LogP contribution < -0.4 is 10.0 Å². The van der Waals surface area contributed by atoms with Crippen LogP contribution in [0.15, 0.2) is 77.7 Å². The minimum atomic E-state index is -3.83. The van der Waals surface area contributed by atoms with Crippen LogP contribution in [0.3, 0.4) is 0 Å². The van der Waals surface area contributed by atoms with Crippen molar-refractivity contribution >= 4 is 50.5 Å². The van der Waals surface area contributed by atoms with Gasteiger partial charge in [0.05, 0.1) is 15.6 Å². The van der Waals surface area contributed by atoms with Crippen LogP contribution in [0, 0.1) is 0 Å². The third-order valence-corrected chi connectivity index (χ3v) is 5.57. The smallest absolute Gasteiger partial charge is 0.261 e. The summed E-state index contributed by atoms with van der Waals surface area (Å²) >= 11 is 11.9. The number of halogens is 2. The van der Waals surface area contributed by atoms with Crippen LogP contribution in [-0.2, 0) is 10.0 Å². The monoisotopic (exact) mass is 420 g/mol. The van der Waals surface area contributed by atoms with Crippen molar-refractivity contribution in [3.63, 3.8) is 0 Å². The molecule has 0 aromatic heterocycles. The van der Waals surface area contributed by atoms with Crippen LogP contribution in [0.2, 0.25) is 10.0 Å². The molecule has 0 bridgehead atoms. The van der Waals surface area contributed by atoms with E-state index >= 15 is 0 Å². The van der Waals surface area contributed by atoms with Crippen LogP contribution in [0.4, 0.5) is 11.4 Å². The average molecular weight is 421 g/mol. The summed E-state index contributed by atoms with van der Waals surface area (Å²) in [4.78, 5) is 12.3. The fourth-order valence-electron chi connectivity index (χ4n) is 2.30. The second-order valence-corrected chi connectivity index (χ2v) is 8.10. The maximum absolute atomic E-state index is 12.5. The maximum atomic E-state index is 12.5. The number of para-hydroxylation sites is 1. The van der Waals surface area contributed by atoms with Crippen molar-refractivity contribution in [2.24, 2.45) is 0 Å². The fraction of sp³-hybridized carbons (Fsp3) is 0. The van der Waals surface area contributed by atoms with Crippen molar-refractivity contribution in [2.45, 2.75) is 4.90 Å². The van der Waals surface area contributed by atoms with Gasteiger partial charge < -0.3 is 5.32 Å². The molecule has 0 fully saturated rings. The first-order valence-electron chi connectivity index (χ1n) is 7.79. The Kier molecular flexibility index (Phi) is 5.70. The van der Waals surface area contributed by atoms with Crippen molar-refractivity contribution in [2.75, 3.05) is 10.0 Å². The van der Waals surface area contributed by atoms with Crippen LogP contribution >= 0.6 is 23.2 Å². The molecule has 0 spiro atoms. The van der Waals surface area contributed by atoms with Crippen molar-refractivity contribution < 1.29 is 13.2 Å². The zero-order valence-corrected chi connectivity index (χ0v) is 16.1. The minimum Gasteiger partial charge on any atom is -0.322 e. The van der Waals surface area contributed by atoms with Gasteiger partial charge in [0.1, 0.15) is 0 Å². The summed E-state index contributed by atoms with van der Waals surface area (Å²) in [5.41, 5.74) is 1.14. The van der Waals surface area contributed by atoms with E-state index in [2.05, 4.69) is 10.0 Å². The fourth-order valence-corrected chi connectivity index (χ4v) is 3.81. The molecule has 3 rings (SSSR count). The number of nitrogens with one attached hydrogen (secondary N) is 2. The van der Waals surface area contributed by atoms with E-state index in [0.29, 0.717) is 21.3 Å². The molecule has 1 amide bonds. The number of anilines is 2. The molecule has 5 nitrogen and oxygen atoms in total. The lowest BCUT2D eigenvalue weighted by molar-refractivity contribution is 0.102. The van der Waals surface area contributed by atoms with Crippen LogP contribution in [0.5, 0.6) is 0 Å². The summed E-state index contributed by atoms with van der Waals surface area (Å²) in [5.74, 6) is -0.375. The highest BCUT2D eigenvalue weighted by atomic mass is 35.5. The zero-order valence-electron chi connectivity index (χ0n) is 13.8. The molecule has 0 atom stereocenters. The number of rotatable bonds is 5. The van der Waals surface area contributed by atoms with Gasteiger partial charge in [-0.1, -0.05) is 41.4 Å². The van der Waals surface area contributed by atoms with Gasteiger partial charge >= 0.3 is 0 Å². The molecule has 0 aliphatic rings.